The van der Waals surface area contributed by atoms with Gasteiger partial charge in [0, 0.05) is 13.1 Å². The minimum atomic E-state index is -0.603. The van der Waals surface area contributed by atoms with Gasteiger partial charge in [0.25, 0.3) is 0 Å². The van der Waals surface area contributed by atoms with Crippen molar-refractivity contribution >= 4 is 40.4 Å². The zero-order valence-corrected chi connectivity index (χ0v) is 31.2. The lowest BCUT2D eigenvalue weighted by atomic mass is 9.74. The van der Waals surface area contributed by atoms with Crippen LogP contribution in [0.1, 0.15) is 72.6 Å². The zero-order valence-electron chi connectivity index (χ0n) is 29.6. The summed E-state index contributed by atoms with van der Waals surface area (Å²) in [6.45, 7) is 11.3. The number of rotatable bonds is 13. The summed E-state index contributed by atoms with van der Waals surface area (Å²) < 4.78 is 29.5. The Morgan fingerprint density at radius 1 is 0.816 bits per heavy atom. The van der Waals surface area contributed by atoms with Gasteiger partial charge in [0.1, 0.15) is 11.5 Å². The third kappa shape index (κ3) is 8.45. The lowest BCUT2D eigenvalue weighted by molar-refractivity contribution is 0.00578. The summed E-state index contributed by atoms with van der Waals surface area (Å²) in [4.78, 5) is 24.7. The van der Waals surface area contributed by atoms with Crippen LogP contribution < -0.4 is 19.8 Å². The van der Waals surface area contributed by atoms with E-state index in [1.165, 1.54) is 7.11 Å². The second kappa shape index (κ2) is 15.3. The summed E-state index contributed by atoms with van der Waals surface area (Å²) in [5, 5.41) is 0. The van der Waals surface area contributed by atoms with Gasteiger partial charge in [-0.25, -0.2) is 14.8 Å². The number of methoxy groups -OCH3 is 3. The summed E-state index contributed by atoms with van der Waals surface area (Å²) >= 11 is 3.78. The largest absolute Gasteiger partial charge is 0.497 e. The molecule has 0 bridgehead atoms. The number of ether oxygens (including phenoxy) is 3. The first kappa shape index (κ1) is 36.4. The molecule has 1 aliphatic rings. The van der Waals surface area contributed by atoms with Crippen molar-refractivity contribution < 1.29 is 28.3 Å². The number of esters is 1. The number of aromatic nitrogens is 2. The Balaban J connectivity index is 1.40. The van der Waals surface area contributed by atoms with E-state index in [0.717, 1.165) is 62.4 Å². The molecule has 258 valence electrons. The molecule has 5 rings (SSSR count). The molecule has 49 heavy (non-hydrogen) atoms. The van der Waals surface area contributed by atoms with Crippen LogP contribution >= 0.6 is 15.9 Å². The second-order valence-electron chi connectivity index (χ2n) is 13.3. The van der Waals surface area contributed by atoms with Gasteiger partial charge in [0.05, 0.1) is 54.0 Å². The first-order chi connectivity index (χ1) is 23.3. The predicted molar refractivity (Wildman–Crippen MR) is 196 cm³/mol. The first-order valence-corrected chi connectivity index (χ1v) is 17.2. The van der Waals surface area contributed by atoms with E-state index < -0.39 is 24.3 Å². The molecule has 2 heterocycles. The Labute approximate surface area is 298 Å². The average molecular weight is 731 g/mol. The summed E-state index contributed by atoms with van der Waals surface area (Å²) in [5.41, 5.74) is 5.35. The molecule has 1 saturated heterocycles. The van der Waals surface area contributed by atoms with Crippen molar-refractivity contribution in [2.24, 2.45) is 0 Å². The van der Waals surface area contributed by atoms with Gasteiger partial charge in [-0.1, -0.05) is 30.3 Å². The number of aryl methyl sites for hydroxylation is 3. The van der Waals surface area contributed by atoms with Crippen molar-refractivity contribution in [3.63, 3.8) is 0 Å². The van der Waals surface area contributed by atoms with Crippen LogP contribution in [0.3, 0.4) is 0 Å². The zero-order chi connectivity index (χ0) is 35.3. The average Bonchev–Trinajstić information content (AvgIpc) is 3.32. The molecule has 9 nitrogen and oxygen atoms in total. The maximum absolute atomic E-state index is 12.5. The van der Waals surface area contributed by atoms with Crippen molar-refractivity contribution in [3.05, 3.63) is 105 Å². The van der Waals surface area contributed by atoms with Gasteiger partial charge in [-0.2, -0.15) is 0 Å². The number of hydrogen-bond donors (Lipinski definition) is 0. The van der Waals surface area contributed by atoms with Crippen molar-refractivity contribution in [3.8, 4) is 11.5 Å². The van der Waals surface area contributed by atoms with Crippen molar-refractivity contribution in [1.29, 1.82) is 0 Å². The van der Waals surface area contributed by atoms with Crippen molar-refractivity contribution in [2.45, 2.75) is 78.2 Å². The molecule has 1 fully saturated rings. The minimum absolute atomic E-state index is 0.397. The van der Waals surface area contributed by atoms with Gasteiger partial charge < -0.3 is 28.4 Å². The highest BCUT2D eigenvalue weighted by Crippen LogP contribution is 2.37. The molecule has 11 heteroatoms. The molecule has 1 aliphatic heterocycles. The Hall–Kier alpha value is -3.93. The number of carbonyl (C=O) groups excluding carboxylic acids is 1. The van der Waals surface area contributed by atoms with Crippen LogP contribution in [0, 0.1) is 6.92 Å². The molecule has 0 unspecified atom stereocenters. The highest BCUT2D eigenvalue weighted by molar-refractivity contribution is 9.10. The number of halogens is 1. The monoisotopic (exact) mass is 729 g/mol. The highest BCUT2D eigenvalue weighted by Gasteiger charge is 2.52. The lowest BCUT2D eigenvalue weighted by Crippen LogP contribution is -2.41. The van der Waals surface area contributed by atoms with Gasteiger partial charge in [-0.3, -0.25) is 0 Å². The van der Waals surface area contributed by atoms with E-state index in [-0.39, 0.29) is 0 Å². The van der Waals surface area contributed by atoms with Crippen LogP contribution in [0.2, 0.25) is 0 Å². The van der Waals surface area contributed by atoms with Crippen LogP contribution in [0.15, 0.2) is 71.2 Å². The van der Waals surface area contributed by atoms with Crippen LogP contribution in [0.5, 0.6) is 11.5 Å². The summed E-state index contributed by atoms with van der Waals surface area (Å²) in [6, 6.07) is 21.7. The number of benzene rings is 3. The topological polar surface area (TPSA) is 92.2 Å². The summed E-state index contributed by atoms with van der Waals surface area (Å²) in [6.07, 6.45) is 2.24. The molecule has 0 spiro atoms. The fourth-order valence-corrected chi connectivity index (χ4v) is 6.09. The molecule has 0 saturated carbocycles. The molecule has 3 aromatic carbocycles. The molecule has 0 N–H and O–H groups in total. The minimum Gasteiger partial charge on any atom is -0.497 e. The van der Waals surface area contributed by atoms with E-state index in [9.17, 15) is 4.79 Å². The number of carbonyl (C=O) groups is 1. The Morgan fingerprint density at radius 3 is 1.88 bits per heavy atom. The normalized spacial score (nSPS) is 14.8. The highest BCUT2D eigenvalue weighted by atomic mass is 79.9. The second-order valence-corrected chi connectivity index (χ2v) is 14.1. The van der Waals surface area contributed by atoms with Crippen molar-refractivity contribution in [2.75, 3.05) is 26.2 Å². The maximum atomic E-state index is 12.5. The standard InChI is InChI=1S/C38H45BBrN3O6/c1-25-34(40)33(11-9-10-28-16-17-29(35(44)47-8)22-32(28)39-48-37(2,3)38(4,5)49-39)42-36(41-25)43(23-26-12-18-30(45-6)19-13-26)24-27-14-20-31(46-7)21-15-27/h12-22H,9-11,23-24H2,1-8H3. The molecule has 0 radical (unpaired) electrons. The van der Waals surface area contributed by atoms with Crippen LogP contribution in [-0.2, 0) is 40.0 Å². The van der Waals surface area contributed by atoms with Crippen molar-refractivity contribution in [1.82, 2.24) is 9.97 Å². The van der Waals surface area contributed by atoms with Crippen LogP contribution in [-0.4, -0.2) is 55.6 Å². The molecule has 1 aromatic heterocycles. The van der Waals surface area contributed by atoms with Gasteiger partial charge in [-0.15, -0.1) is 0 Å². The lowest BCUT2D eigenvalue weighted by Gasteiger charge is -2.32. The first-order valence-electron chi connectivity index (χ1n) is 16.4. The van der Waals surface area contributed by atoms with E-state index in [2.05, 4.69) is 45.1 Å². The molecule has 0 amide bonds. The van der Waals surface area contributed by atoms with E-state index in [1.54, 1.807) is 20.3 Å². The summed E-state index contributed by atoms with van der Waals surface area (Å²) in [5.74, 6) is 1.88. The van der Waals surface area contributed by atoms with Gasteiger partial charge >= 0.3 is 13.1 Å². The van der Waals surface area contributed by atoms with E-state index in [0.29, 0.717) is 31.0 Å². The molecule has 0 aliphatic carbocycles. The fourth-order valence-electron chi connectivity index (χ4n) is 5.71. The molecule has 0 atom stereocenters. The van der Waals surface area contributed by atoms with Crippen LogP contribution in [0.4, 0.5) is 5.95 Å². The molecular formula is C38H45BBrN3O6. The third-order valence-electron chi connectivity index (χ3n) is 9.36. The SMILES string of the molecule is COC(=O)c1ccc(CCCc2nc(N(Cc3ccc(OC)cc3)Cc3ccc(OC)cc3)nc(C)c2Br)c(B2OC(C)(C)C(C)(C)O2)c1. The van der Waals surface area contributed by atoms with E-state index >= 15 is 0 Å². The van der Waals surface area contributed by atoms with Gasteiger partial charge in [0.2, 0.25) is 5.95 Å². The number of hydrogen-bond acceptors (Lipinski definition) is 9. The van der Waals surface area contributed by atoms with E-state index in [4.69, 9.17) is 33.5 Å². The third-order valence-corrected chi connectivity index (χ3v) is 10.4. The van der Waals surface area contributed by atoms with Crippen LogP contribution in [0.25, 0.3) is 0 Å². The Morgan fingerprint density at radius 2 is 1.37 bits per heavy atom. The quantitative estimate of drug-likeness (QED) is 0.106. The molecular weight excluding hydrogens is 685 g/mol. The number of anilines is 1. The fraction of sp³-hybridized carbons (Fsp3) is 0.395. The predicted octanol–water partition coefficient (Wildman–Crippen LogP) is 7.03. The molecule has 4 aromatic rings. The smallest absolute Gasteiger partial charge is 0.495 e. The van der Waals surface area contributed by atoms with Gasteiger partial charge in [0.15, 0.2) is 0 Å². The van der Waals surface area contributed by atoms with E-state index in [1.807, 2.05) is 71.0 Å². The Kier molecular flexibility index (Phi) is 11.4. The Bertz CT molecular complexity index is 1700. The maximum Gasteiger partial charge on any atom is 0.495 e. The van der Waals surface area contributed by atoms with Gasteiger partial charge in [-0.05, 0) is 128 Å². The number of nitrogens with zero attached hydrogens (tertiary/aromatic N) is 3. The summed E-state index contributed by atoms with van der Waals surface area (Å²) in [7, 11) is 4.12.